The molecule has 2 N–H and O–H groups in total. The van der Waals surface area contributed by atoms with Crippen LogP contribution in [0.5, 0.6) is 0 Å². The van der Waals surface area contributed by atoms with Gasteiger partial charge in [0.1, 0.15) is 0 Å². The van der Waals surface area contributed by atoms with E-state index in [0.717, 1.165) is 7.11 Å². The van der Waals surface area contributed by atoms with Crippen LogP contribution in [-0.2, 0) is 17.1 Å². The van der Waals surface area contributed by atoms with Crippen LogP contribution in [0.1, 0.15) is 21.6 Å². The van der Waals surface area contributed by atoms with Crippen molar-refractivity contribution in [1.29, 1.82) is 0 Å². The van der Waals surface area contributed by atoms with E-state index in [1.807, 2.05) is 0 Å². The van der Waals surface area contributed by atoms with Crippen molar-refractivity contribution in [3.05, 3.63) is 32.5 Å². The Bertz CT molecular complexity index is 831. The van der Waals surface area contributed by atoms with Crippen LogP contribution in [0, 0.1) is 3.57 Å². The maximum absolute atomic E-state index is 13.4. The number of nitrogen functional groups attached to an aromatic ring is 1. The van der Waals surface area contributed by atoms with Crippen molar-refractivity contribution in [2.45, 2.75) is 12.4 Å². The molecule has 0 aliphatic rings. The molecule has 0 atom stereocenters. The number of nitrogens with two attached hydrogens (primary N) is 1. The van der Waals surface area contributed by atoms with Gasteiger partial charge in [0.05, 0.1) is 28.8 Å². The Labute approximate surface area is 154 Å². The largest absolute Gasteiger partial charge is 0.465 e. The molecule has 0 amide bonds. The highest BCUT2D eigenvalue weighted by Crippen LogP contribution is 2.45. The fourth-order valence-corrected chi connectivity index (χ4v) is 3.81. The summed E-state index contributed by atoms with van der Waals surface area (Å²) in [6.07, 6.45) is -9.73. The maximum atomic E-state index is 13.4. The van der Waals surface area contributed by atoms with Gasteiger partial charge in [0, 0.05) is 9.13 Å². The molecule has 0 aliphatic carbocycles. The highest BCUT2D eigenvalue weighted by atomic mass is 127. The van der Waals surface area contributed by atoms with Crippen LogP contribution in [0.25, 0.3) is 10.4 Å². The lowest BCUT2D eigenvalue weighted by Gasteiger charge is -2.17. The van der Waals surface area contributed by atoms with Gasteiger partial charge >= 0.3 is 18.3 Å². The maximum Gasteiger partial charge on any atom is 0.434 e. The van der Waals surface area contributed by atoms with Crippen molar-refractivity contribution in [2.24, 2.45) is 0 Å². The number of hydrogen-bond donors (Lipinski definition) is 1. The van der Waals surface area contributed by atoms with Crippen molar-refractivity contribution in [3.63, 3.8) is 0 Å². The van der Waals surface area contributed by atoms with Crippen molar-refractivity contribution >= 4 is 45.8 Å². The monoisotopic (exact) mass is 496 g/mol. The Morgan fingerprint density at radius 1 is 1.20 bits per heavy atom. The summed E-state index contributed by atoms with van der Waals surface area (Å²) in [5.74, 6) is -1.09. The lowest BCUT2D eigenvalue weighted by atomic mass is 10.00. The summed E-state index contributed by atoms with van der Waals surface area (Å²) in [6.45, 7) is 0. The molecule has 25 heavy (non-hydrogen) atoms. The number of carbonyl (C=O) groups is 1. The van der Waals surface area contributed by atoms with Gasteiger partial charge in [-0.1, -0.05) is 0 Å². The number of nitrogens with zero attached hydrogens (tertiary/aromatic N) is 1. The van der Waals surface area contributed by atoms with Gasteiger partial charge in [-0.05, 0) is 46.3 Å². The highest BCUT2D eigenvalue weighted by molar-refractivity contribution is 14.1. The van der Waals surface area contributed by atoms with E-state index in [9.17, 15) is 31.1 Å². The molecule has 0 saturated heterocycles. The Hall–Kier alpha value is -1.57. The SMILES string of the molecule is COC(=O)c1cc(C(F)(F)F)c(-c2cc(C(F)(F)F)ns2)c(I)c1N. The molecule has 0 fully saturated rings. The molecule has 0 spiro atoms. The number of aromatic nitrogens is 1. The molecule has 1 heterocycles. The van der Waals surface area contributed by atoms with E-state index >= 15 is 0 Å². The Morgan fingerprint density at radius 2 is 1.80 bits per heavy atom. The summed E-state index contributed by atoms with van der Waals surface area (Å²) in [6, 6.07) is 0.973. The summed E-state index contributed by atoms with van der Waals surface area (Å²) in [5.41, 5.74) is 1.66. The molecule has 2 aromatic rings. The molecule has 4 nitrogen and oxygen atoms in total. The molecule has 12 heteroatoms. The van der Waals surface area contributed by atoms with E-state index in [4.69, 9.17) is 5.73 Å². The molecular formula is C13H7F6IN2O2S. The molecular weight excluding hydrogens is 489 g/mol. The number of carbonyl (C=O) groups excluding carboxylic acids is 1. The van der Waals surface area contributed by atoms with Gasteiger partial charge in [0.25, 0.3) is 0 Å². The van der Waals surface area contributed by atoms with Gasteiger partial charge in [0.2, 0.25) is 0 Å². The average Bonchev–Trinajstić information content (AvgIpc) is 2.97. The molecule has 0 unspecified atom stereocenters. The van der Waals surface area contributed by atoms with E-state index in [1.165, 1.54) is 22.6 Å². The first-order chi connectivity index (χ1) is 11.4. The fourth-order valence-electron chi connectivity index (χ4n) is 1.94. The Kier molecular flexibility index (Phi) is 5.23. The number of benzene rings is 1. The second kappa shape index (κ2) is 6.63. The zero-order valence-electron chi connectivity index (χ0n) is 12.0. The third-order valence-corrected chi connectivity index (χ3v) is 4.99. The minimum atomic E-state index is -4.94. The summed E-state index contributed by atoms with van der Waals surface area (Å²) in [4.78, 5) is 11.2. The van der Waals surface area contributed by atoms with Crippen molar-refractivity contribution < 1.29 is 35.9 Å². The van der Waals surface area contributed by atoms with Crippen molar-refractivity contribution in [1.82, 2.24) is 4.37 Å². The molecule has 136 valence electrons. The first kappa shape index (κ1) is 19.8. The van der Waals surface area contributed by atoms with Crippen LogP contribution < -0.4 is 5.73 Å². The van der Waals surface area contributed by atoms with Crippen LogP contribution in [0.2, 0.25) is 0 Å². The third kappa shape index (κ3) is 3.83. The van der Waals surface area contributed by atoms with E-state index in [1.54, 1.807) is 0 Å². The molecule has 0 aliphatic heterocycles. The zero-order chi connectivity index (χ0) is 19.2. The Balaban J connectivity index is 2.79. The van der Waals surface area contributed by atoms with Gasteiger partial charge in [-0.25, -0.2) is 4.79 Å². The lowest BCUT2D eigenvalue weighted by molar-refractivity contribution is -0.140. The van der Waals surface area contributed by atoms with E-state index in [2.05, 4.69) is 9.11 Å². The zero-order valence-corrected chi connectivity index (χ0v) is 15.0. The number of ether oxygens (including phenoxy) is 1. The normalized spacial score (nSPS) is 12.3. The number of halogens is 7. The quantitative estimate of drug-likeness (QED) is 0.280. The number of methoxy groups -OCH3 is 1. The predicted molar refractivity (Wildman–Crippen MR) is 86.0 cm³/mol. The summed E-state index contributed by atoms with van der Waals surface area (Å²) < 4.78 is 85.6. The van der Waals surface area contributed by atoms with Gasteiger partial charge in [-0.2, -0.15) is 30.7 Å². The summed E-state index contributed by atoms with van der Waals surface area (Å²) in [7, 11) is 0.967. The van der Waals surface area contributed by atoms with Crippen LogP contribution in [0.3, 0.4) is 0 Å². The van der Waals surface area contributed by atoms with E-state index in [0.29, 0.717) is 12.1 Å². The standard InChI is InChI=1S/C13H7F6IN2O2S/c1-24-11(23)4-2-5(12(14,15)16)8(9(20)10(4)21)6-3-7(22-25-6)13(17,18)19/h2-3H,21H2,1H3. The number of anilines is 1. The lowest BCUT2D eigenvalue weighted by Crippen LogP contribution is -2.14. The smallest absolute Gasteiger partial charge is 0.434 e. The predicted octanol–water partition coefficient (Wildman–Crippen LogP) is 4.82. The van der Waals surface area contributed by atoms with Gasteiger partial charge in [-0.3, -0.25) is 0 Å². The van der Waals surface area contributed by atoms with Gasteiger partial charge < -0.3 is 10.5 Å². The molecule has 0 radical (unpaired) electrons. The molecule has 0 bridgehead atoms. The van der Waals surface area contributed by atoms with Crippen LogP contribution in [-0.4, -0.2) is 17.5 Å². The van der Waals surface area contributed by atoms with Crippen LogP contribution in [0.4, 0.5) is 32.0 Å². The molecule has 1 aromatic carbocycles. The van der Waals surface area contributed by atoms with Crippen molar-refractivity contribution in [3.8, 4) is 10.4 Å². The fraction of sp³-hybridized carbons (Fsp3) is 0.231. The first-order valence-electron chi connectivity index (χ1n) is 6.19. The molecule has 2 rings (SSSR count). The second-order valence-electron chi connectivity index (χ2n) is 4.64. The third-order valence-electron chi connectivity index (χ3n) is 3.06. The van der Waals surface area contributed by atoms with Crippen LogP contribution in [0.15, 0.2) is 12.1 Å². The Morgan fingerprint density at radius 3 is 2.24 bits per heavy atom. The topological polar surface area (TPSA) is 65.2 Å². The summed E-state index contributed by atoms with van der Waals surface area (Å²) in [5, 5.41) is 0. The average molecular weight is 496 g/mol. The molecule has 1 aromatic heterocycles. The minimum Gasteiger partial charge on any atom is -0.465 e. The number of hydrogen-bond acceptors (Lipinski definition) is 5. The number of alkyl halides is 6. The van der Waals surface area contributed by atoms with E-state index < -0.39 is 40.7 Å². The first-order valence-corrected chi connectivity index (χ1v) is 8.05. The number of esters is 1. The van der Waals surface area contributed by atoms with Gasteiger partial charge in [-0.15, -0.1) is 0 Å². The van der Waals surface area contributed by atoms with Gasteiger partial charge in [0.15, 0.2) is 5.69 Å². The molecule has 0 saturated carbocycles. The summed E-state index contributed by atoms with van der Waals surface area (Å²) >= 11 is 1.70. The van der Waals surface area contributed by atoms with Crippen LogP contribution >= 0.6 is 34.1 Å². The van der Waals surface area contributed by atoms with E-state index in [-0.39, 0.29) is 25.7 Å². The second-order valence-corrected chi connectivity index (χ2v) is 6.52. The number of rotatable bonds is 2. The highest BCUT2D eigenvalue weighted by Gasteiger charge is 2.39. The minimum absolute atomic E-state index is 0.217. The van der Waals surface area contributed by atoms with Crippen molar-refractivity contribution in [2.75, 3.05) is 12.8 Å².